The number of hydrogen-bond acceptors (Lipinski definition) is 5. The van der Waals surface area contributed by atoms with Crippen molar-refractivity contribution in [2.24, 2.45) is 0 Å². The monoisotopic (exact) mass is 294 g/mol. The molecular weight excluding hydrogens is 280 g/mol. The standard InChI is InChI=1S/C12H15ClN6O/c13-12-17-10(8-6-15-19-11(8)18-12)14-5-1-2-9(20)16-7-3-4-7/h6-7H,1-5H2,(H,16,20)(H2,14,15,17,18,19). The predicted octanol–water partition coefficient (Wildman–Crippen LogP) is 1.48. The van der Waals surface area contributed by atoms with Crippen LogP contribution in [0.4, 0.5) is 5.82 Å². The van der Waals surface area contributed by atoms with Gasteiger partial charge in [-0.15, -0.1) is 0 Å². The minimum atomic E-state index is 0.114. The van der Waals surface area contributed by atoms with E-state index in [2.05, 4.69) is 30.8 Å². The second-order valence-electron chi connectivity index (χ2n) is 4.85. The van der Waals surface area contributed by atoms with Crippen LogP contribution in [0.3, 0.4) is 0 Å². The maximum absolute atomic E-state index is 11.5. The van der Waals surface area contributed by atoms with Gasteiger partial charge in [-0.3, -0.25) is 9.89 Å². The van der Waals surface area contributed by atoms with E-state index in [9.17, 15) is 4.79 Å². The Bertz CT molecular complexity index is 623. The van der Waals surface area contributed by atoms with Crippen LogP contribution in [0.2, 0.25) is 5.28 Å². The number of aromatic amines is 1. The Morgan fingerprint density at radius 2 is 2.30 bits per heavy atom. The van der Waals surface area contributed by atoms with Crippen LogP contribution < -0.4 is 10.6 Å². The molecule has 0 unspecified atom stereocenters. The molecule has 0 radical (unpaired) electrons. The Morgan fingerprint density at radius 1 is 1.45 bits per heavy atom. The van der Waals surface area contributed by atoms with Crippen LogP contribution in [0.25, 0.3) is 11.0 Å². The van der Waals surface area contributed by atoms with E-state index < -0.39 is 0 Å². The number of rotatable bonds is 6. The molecule has 1 aliphatic carbocycles. The van der Waals surface area contributed by atoms with Gasteiger partial charge in [-0.05, 0) is 30.9 Å². The molecule has 0 aliphatic heterocycles. The number of anilines is 1. The SMILES string of the molecule is O=C(CCCNc1nc(Cl)nc2[nH]ncc12)NC1CC1. The van der Waals surface area contributed by atoms with Gasteiger partial charge in [0.1, 0.15) is 5.82 Å². The lowest BCUT2D eigenvalue weighted by molar-refractivity contribution is -0.121. The van der Waals surface area contributed by atoms with Crippen LogP contribution in [0.1, 0.15) is 25.7 Å². The van der Waals surface area contributed by atoms with E-state index in [0.717, 1.165) is 24.6 Å². The van der Waals surface area contributed by atoms with Crippen molar-refractivity contribution in [3.05, 3.63) is 11.5 Å². The fraction of sp³-hybridized carbons (Fsp3) is 0.500. The molecule has 3 rings (SSSR count). The zero-order valence-electron chi connectivity index (χ0n) is 10.8. The number of carbonyl (C=O) groups excluding carboxylic acids is 1. The van der Waals surface area contributed by atoms with Gasteiger partial charge in [-0.25, -0.2) is 0 Å². The molecule has 1 amide bonds. The fourth-order valence-corrected chi connectivity index (χ4v) is 2.09. The maximum atomic E-state index is 11.5. The number of carbonyl (C=O) groups is 1. The molecule has 1 saturated carbocycles. The zero-order chi connectivity index (χ0) is 13.9. The van der Waals surface area contributed by atoms with E-state index in [0.29, 0.717) is 30.5 Å². The first-order chi connectivity index (χ1) is 9.72. The smallest absolute Gasteiger partial charge is 0.226 e. The molecule has 8 heteroatoms. The van der Waals surface area contributed by atoms with E-state index in [-0.39, 0.29) is 11.2 Å². The summed E-state index contributed by atoms with van der Waals surface area (Å²) in [4.78, 5) is 19.7. The van der Waals surface area contributed by atoms with Gasteiger partial charge in [0.05, 0.1) is 11.6 Å². The van der Waals surface area contributed by atoms with Crippen LogP contribution in [-0.4, -0.2) is 38.7 Å². The Morgan fingerprint density at radius 3 is 3.10 bits per heavy atom. The van der Waals surface area contributed by atoms with Crippen LogP contribution in [-0.2, 0) is 4.79 Å². The molecule has 0 saturated heterocycles. The average molecular weight is 295 g/mol. The van der Waals surface area contributed by atoms with E-state index in [4.69, 9.17) is 11.6 Å². The summed E-state index contributed by atoms with van der Waals surface area (Å²) in [6.07, 6.45) is 5.12. The minimum Gasteiger partial charge on any atom is -0.369 e. The first-order valence-electron chi connectivity index (χ1n) is 6.62. The number of aromatic nitrogens is 4. The third-order valence-electron chi connectivity index (χ3n) is 3.10. The molecule has 1 aliphatic rings. The second-order valence-corrected chi connectivity index (χ2v) is 5.18. The molecule has 0 aromatic carbocycles. The number of nitrogens with one attached hydrogen (secondary N) is 3. The number of halogens is 1. The number of H-pyrrole nitrogens is 1. The Labute approximate surface area is 120 Å². The summed E-state index contributed by atoms with van der Waals surface area (Å²) >= 11 is 5.83. The number of fused-ring (bicyclic) bond motifs is 1. The molecule has 106 valence electrons. The van der Waals surface area contributed by atoms with Crippen molar-refractivity contribution in [1.29, 1.82) is 0 Å². The summed E-state index contributed by atoms with van der Waals surface area (Å²) in [6, 6.07) is 0.418. The molecule has 0 bridgehead atoms. The van der Waals surface area contributed by atoms with Crippen molar-refractivity contribution in [2.75, 3.05) is 11.9 Å². The van der Waals surface area contributed by atoms with Crippen molar-refractivity contribution < 1.29 is 4.79 Å². The fourth-order valence-electron chi connectivity index (χ4n) is 1.93. The predicted molar refractivity (Wildman–Crippen MR) is 75.6 cm³/mol. The molecule has 2 aromatic heterocycles. The topological polar surface area (TPSA) is 95.6 Å². The lowest BCUT2D eigenvalue weighted by Gasteiger charge is -2.07. The largest absolute Gasteiger partial charge is 0.369 e. The third-order valence-corrected chi connectivity index (χ3v) is 3.27. The van der Waals surface area contributed by atoms with Crippen molar-refractivity contribution in [2.45, 2.75) is 31.7 Å². The van der Waals surface area contributed by atoms with Gasteiger partial charge < -0.3 is 10.6 Å². The lowest BCUT2D eigenvalue weighted by Crippen LogP contribution is -2.25. The lowest BCUT2D eigenvalue weighted by atomic mass is 10.3. The molecule has 1 fully saturated rings. The summed E-state index contributed by atoms with van der Waals surface area (Å²) in [5, 5.41) is 13.7. The Balaban J connectivity index is 1.51. The highest BCUT2D eigenvalue weighted by atomic mass is 35.5. The van der Waals surface area contributed by atoms with E-state index >= 15 is 0 Å². The number of nitrogens with zero attached hydrogens (tertiary/aromatic N) is 3. The summed E-state index contributed by atoms with van der Waals surface area (Å²) in [6.45, 7) is 0.645. The molecule has 7 nitrogen and oxygen atoms in total. The van der Waals surface area contributed by atoms with E-state index in [1.54, 1.807) is 6.20 Å². The van der Waals surface area contributed by atoms with Crippen LogP contribution in [0, 0.1) is 0 Å². The van der Waals surface area contributed by atoms with Gasteiger partial charge in [-0.1, -0.05) is 0 Å². The molecule has 3 N–H and O–H groups in total. The van der Waals surface area contributed by atoms with Crippen molar-refractivity contribution in [3.63, 3.8) is 0 Å². The quantitative estimate of drug-likeness (QED) is 0.554. The molecule has 20 heavy (non-hydrogen) atoms. The van der Waals surface area contributed by atoms with Crippen molar-refractivity contribution in [3.8, 4) is 0 Å². The average Bonchev–Trinajstić information content (AvgIpc) is 3.09. The van der Waals surface area contributed by atoms with E-state index in [1.165, 1.54) is 0 Å². The van der Waals surface area contributed by atoms with Gasteiger partial charge in [0.15, 0.2) is 5.65 Å². The zero-order valence-corrected chi connectivity index (χ0v) is 11.6. The van der Waals surface area contributed by atoms with Crippen molar-refractivity contribution in [1.82, 2.24) is 25.5 Å². The molecule has 2 heterocycles. The second kappa shape index (κ2) is 5.62. The van der Waals surface area contributed by atoms with Crippen LogP contribution >= 0.6 is 11.6 Å². The van der Waals surface area contributed by atoms with Gasteiger partial charge in [0.2, 0.25) is 11.2 Å². The van der Waals surface area contributed by atoms with Crippen LogP contribution in [0.5, 0.6) is 0 Å². The van der Waals surface area contributed by atoms with Crippen molar-refractivity contribution >= 4 is 34.4 Å². The number of hydrogen-bond donors (Lipinski definition) is 3. The maximum Gasteiger partial charge on any atom is 0.226 e. The summed E-state index contributed by atoms with van der Waals surface area (Å²) in [5.74, 6) is 0.750. The molecular formula is C12H15ClN6O. The summed E-state index contributed by atoms with van der Waals surface area (Å²) in [7, 11) is 0. The Kier molecular flexibility index (Phi) is 3.68. The van der Waals surface area contributed by atoms with Gasteiger partial charge in [0, 0.05) is 19.0 Å². The molecule has 0 spiro atoms. The summed E-state index contributed by atoms with van der Waals surface area (Å²) in [5.41, 5.74) is 0.596. The van der Waals surface area contributed by atoms with Crippen LogP contribution in [0.15, 0.2) is 6.20 Å². The molecule has 0 atom stereocenters. The first-order valence-corrected chi connectivity index (χ1v) is 7.00. The van der Waals surface area contributed by atoms with Gasteiger partial charge in [0.25, 0.3) is 0 Å². The highest BCUT2D eigenvalue weighted by molar-refractivity contribution is 6.28. The summed E-state index contributed by atoms with van der Waals surface area (Å²) < 4.78 is 0. The third kappa shape index (κ3) is 3.16. The van der Waals surface area contributed by atoms with Gasteiger partial charge >= 0.3 is 0 Å². The number of amides is 1. The van der Waals surface area contributed by atoms with E-state index in [1.807, 2.05) is 0 Å². The molecule has 2 aromatic rings. The Hall–Kier alpha value is -1.89. The highest BCUT2D eigenvalue weighted by Crippen LogP contribution is 2.20. The highest BCUT2D eigenvalue weighted by Gasteiger charge is 2.22. The minimum absolute atomic E-state index is 0.114. The van der Waals surface area contributed by atoms with Gasteiger partial charge in [-0.2, -0.15) is 15.1 Å². The first kappa shape index (κ1) is 13.1. The normalized spacial score (nSPS) is 14.4.